The molecule has 0 aromatic heterocycles. The highest BCUT2D eigenvalue weighted by Crippen LogP contribution is 2.26. The topological polar surface area (TPSA) is 66.6 Å². The van der Waals surface area contributed by atoms with Crippen molar-refractivity contribution in [2.45, 2.75) is 25.8 Å². The van der Waals surface area contributed by atoms with Crippen molar-refractivity contribution in [2.24, 2.45) is 11.7 Å². The van der Waals surface area contributed by atoms with E-state index in [1.54, 1.807) is 0 Å². The average molecular weight is 186 g/mol. The third kappa shape index (κ3) is 3.32. The monoisotopic (exact) mass is 186 g/mol. The molecular formula is C9H18N2O2. The van der Waals surface area contributed by atoms with E-state index in [0.717, 1.165) is 0 Å². The van der Waals surface area contributed by atoms with E-state index in [2.05, 4.69) is 4.90 Å². The number of hydrogen-bond donors (Lipinski definition) is 2. The Morgan fingerprint density at radius 1 is 1.69 bits per heavy atom. The SMILES string of the molecule is CC(CN(CCO)C1CC1)C(N)=O. The molecule has 0 saturated heterocycles. The van der Waals surface area contributed by atoms with E-state index in [0.29, 0.717) is 19.1 Å². The summed E-state index contributed by atoms with van der Waals surface area (Å²) in [4.78, 5) is 13.0. The minimum atomic E-state index is -0.261. The van der Waals surface area contributed by atoms with E-state index in [9.17, 15) is 4.79 Å². The Kier molecular flexibility index (Phi) is 3.69. The average Bonchev–Trinajstić information content (AvgIpc) is 2.85. The van der Waals surface area contributed by atoms with Crippen LogP contribution in [0.25, 0.3) is 0 Å². The molecule has 1 rings (SSSR count). The molecule has 1 saturated carbocycles. The number of aliphatic hydroxyl groups excluding tert-OH is 1. The van der Waals surface area contributed by atoms with Crippen molar-refractivity contribution >= 4 is 5.91 Å². The van der Waals surface area contributed by atoms with Crippen molar-refractivity contribution in [1.82, 2.24) is 4.90 Å². The summed E-state index contributed by atoms with van der Waals surface area (Å²) in [5.41, 5.74) is 5.17. The summed E-state index contributed by atoms with van der Waals surface area (Å²) in [6, 6.07) is 0.578. The molecule has 3 N–H and O–H groups in total. The molecule has 0 radical (unpaired) electrons. The molecule has 0 aromatic carbocycles. The van der Waals surface area contributed by atoms with Crippen molar-refractivity contribution in [3.63, 3.8) is 0 Å². The van der Waals surface area contributed by atoms with Gasteiger partial charge in [-0.3, -0.25) is 9.69 Å². The van der Waals surface area contributed by atoms with Gasteiger partial charge in [0.05, 0.1) is 6.61 Å². The van der Waals surface area contributed by atoms with Crippen LogP contribution in [0.5, 0.6) is 0 Å². The first-order valence-electron chi connectivity index (χ1n) is 4.79. The molecule has 1 aliphatic rings. The van der Waals surface area contributed by atoms with Gasteiger partial charge < -0.3 is 10.8 Å². The van der Waals surface area contributed by atoms with Crippen LogP contribution in [0.2, 0.25) is 0 Å². The van der Waals surface area contributed by atoms with Crippen molar-refractivity contribution in [3.05, 3.63) is 0 Å². The van der Waals surface area contributed by atoms with Crippen LogP contribution >= 0.6 is 0 Å². The molecule has 1 unspecified atom stereocenters. The predicted molar refractivity (Wildman–Crippen MR) is 50.0 cm³/mol. The van der Waals surface area contributed by atoms with Crippen molar-refractivity contribution in [3.8, 4) is 0 Å². The Balaban J connectivity index is 2.32. The van der Waals surface area contributed by atoms with Crippen LogP contribution in [0.1, 0.15) is 19.8 Å². The second-order valence-corrected chi connectivity index (χ2v) is 3.75. The maximum Gasteiger partial charge on any atom is 0.221 e. The van der Waals surface area contributed by atoms with E-state index in [4.69, 9.17) is 10.8 Å². The van der Waals surface area contributed by atoms with E-state index >= 15 is 0 Å². The van der Waals surface area contributed by atoms with Crippen molar-refractivity contribution in [1.29, 1.82) is 0 Å². The Morgan fingerprint density at radius 2 is 2.31 bits per heavy atom. The second kappa shape index (κ2) is 4.58. The third-order valence-electron chi connectivity index (χ3n) is 2.44. The van der Waals surface area contributed by atoms with Gasteiger partial charge in [0.25, 0.3) is 0 Å². The zero-order chi connectivity index (χ0) is 9.84. The Bertz CT molecular complexity index is 180. The largest absolute Gasteiger partial charge is 0.395 e. The lowest BCUT2D eigenvalue weighted by Gasteiger charge is -2.23. The van der Waals surface area contributed by atoms with Crippen molar-refractivity contribution < 1.29 is 9.90 Å². The maximum absolute atomic E-state index is 10.8. The molecule has 4 heteroatoms. The van der Waals surface area contributed by atoms with E-state index < -0.39 is 0 Å². The van der Waals surface area contributed by atoms with Crippen LogP contribution in [0, 0.1) is 5.92 Å². The molecule has 0 aromatic rings. The lowest BCUT2D eigenvalue weighted by molar-refractivity contribution is -0.121. The highest BCUT2D eigenvalue weighted by molar-refractivity contribution is 5.76. The molecule has 0 aliphatic heterocycles. The lowest BCUT2D eigenvalue weighted by atomic mass is 10.1. The number of rotatable bonds is 6. The summed E-state index contributed by atoms with van der Waals surface area (Å²) in [6.07, 6.45) is 2.37. The van der Waals surface area contributed by atoms with Gasteiger partial charge in [0.15, 0.2) is 0 Å². The molecule has 13 heavy (non-hydrogen) atoms. The van der Waals surface area contributed by atoms with Crippen LogP contribution in [0.15, 0.2) is 0 Å². The number of aliphatic hydroxyl groups is 1. The summed E-state index contributed by atoms with van der Waals surface area (Å²) in [6.45, 7) is 3.32. The Labute approximate surface area is 78.7 Å². The zero-order valence-corrected chi connectivity index (χ0v) is 8.07. The van der Waals surface area contributed by atoms with E-state index in [1.165, 1.54) is 12.8 Å². The molecule has 1 aliphatic carbocycles. The first-order valence-corrected chi connectivity index (χ1v) is 4.79. The number of carbonyl (C=O) groups is 1. The van der Waals surface area contributed by atoms with Crippen LogP contribution < -0.4 is 5.73 Å². The maximum atomic E-state index is 10.8. The van der Waals surface area contributed by atoms with Gasteiger partial charge in [-0.2, -0.15) is 0 Å². The third-order valence-corrected chi connectivity index (χ3v) is 2.44. The summed E-state index contributed by atoms with van der Waals surface area (Å²) in [7, 11) is 0. The van der Waals surface area contributed by atoms with Gasteiger partial charge in [0.2, 0.25) is 5.91 Å². The fraction of sp³-hybridized carbons (Fsp3) is 0.889. The Morgan fingerprint density at radius 3 is 2.69 bits per heavy atom. The normalized spacial score (nSPS) is 19.0. The number of primary amides is 1. The molecule has 1 amide bonds. The minimum absolute atomic E-state index is 0.118. The standard InChI is InChI=1S/C9H18N2O2/c1-7(9(10)13)6-11(4-5-12)8-2-3-8/h7-8,12H,2-6H2,1H3,(H2,10,13). The summed E-state index contributed by atoms with van der Waals surface area (Å²) < 4.78 is 0. The Hall–Kier alpha value is -0.610. The highest BCUT2D eigenvalue weighted by Gasteiger charge is 2.30. The van der Waals surface area contributed by atoms with E-state index in [1.807, 2.05) is 6.92 Å². The minimum Gasteiger partial charge on any atom is -0.395 e. The molecule has 0 bridgehead atoms. The smallest absolute Gasteiger partial charge is 0.221 e. The zero-order valence-electron chi connectivity index (χ0n) is 8.07. The van der Waals surface area contributed by atoms with Gasteiger partial charge >= 0.3 is 0 Å². The fourth-order valence-electron chi connectivity index (χ4n) is 1.43. The summed E-state index contributed by atoms with van der Waals surface area (Å²) in [5.74, 6) is -0.379. The van der Waals surface area contributed by atoms with Gasteiger partial charge in [-0.1, -0.05) is 6.92 Å². The second-order valence-electron chi connectivity index (χ2n) is 3.75. The number of hydrogen-bond acceptors (Lipinski definition) is 3. The molecule has 0 spiro atoms. The van der Waals surface area contributed by atoms with Gasteiger partial charge in [-0.15, -0.1) is 0 Å². The predicted octanol–water partition coefficient (Wildman–Crippen LogP) is -0.435. The number of nitrogens with two attached hydrogens (primary N) is 1. The fourth-order valence-corrected chi connectivity index (χ4v) is 1.43. The van der Waals surface area contributed by atoms with E-state index in [-0.39, 0.29) is 18.4 Å². The molecule has 76 valence electrons. The summed E-state index contributed by atoms with van der Waals surface area (Å²) >= 11 is 0. The van der Waals surface area contributed by atoms with Crippen LogP contribution in [-0.2, 0) is 4.79 Å². The highest BCUT2D eigenvalue weighted by atomic mass is 16.3. The van der Waals surface area contributed by atoms with Gasteiger partial charge in [0.1, 0.15) is 0 Å². The lowest BCUT2D eigenvalue weighted by Crippen LogP contribution is -2.37. The molecular weight excluding hydrogens is 168 g/mol. The number of amides is 1. The van der Waals surface area contributed by atoms with Crippen molar-refractivity contribution in [2.75, 3.05) is 19.7 Å². The molecule has 1 fully saturated rings. The number of carbonyl (C=O) groups excluding carboxylic acids is 1. The molecule has 1 atom stereocenters. The molecule has 4 nitrogen and oxygen atoms in total. The van der Waals surface area contributed by atoms with Crippen LogP contribution in [0.4, 0.5) is 0 Å². The van der Waals surface area contributed by atoms with Crippen LogP contribution in [-0.4, -0.2) is 41.7 Å². The van der Waals surface area contributed by atoms with Gasteiger partial charge in [-0.25, -0.2) is 0 Å². The first-order chi connectivity index (χ1) is 6.15. The van der Waals surface area contributed by atoms with Gasteiger partial charge in [0, 0.05) is 25.0 Å². The first kappa shape index (κ1) is 10.5. The quantitative estimate of drug-likeness (QED) is 0.591. The summed E-state index contributed by atoms with van der Waals surface area (Å²) in [5, 5.41) is 8.81. The molecule has 0 heterocycles. The number of nitrogens with zero attached hydrogens (tertiary/aromatic N) is 1. The van der Waals surface area contributed by atoms with Crippen LogP contribution in [0.3, 0.4) is 0 Å². The van der Waals surface area contributed by atoms with Gasteiger partial charge in [-0.05, 0) is 12.8 Å².